The fourth-order valence-corrected chi connectivity index (χ4v) is 5.17. The second-order valence-corrected chi connectivity index (χ2v) is 8.82. The Morgan fingerprint density at radius 2 is 1.63 bits per heavy atom. The third kappa shape index (κ3) is 6.63. The number of carbonyl (C=O) groups excluding carboxylic acids is 2. The average molecular weight is 400 g/mol. The quantitative estimate of drug-likeness (QED) is 0.721. The number of rotatable bonds is 6. The molecule has 1 heterocycles. The van der Waals surface area contributed by atoms with Crippen LogP contribution in [0, 0.1) is 17.8 Å². The van der Waals surface area contributed by atoms with Crippen molar-refractivity contribution in [3.05, 3.63) is 0 Å². The lowest BCUT2D eigenvalue weighted by Crippen LogP contribution is -2.42. The molecule has 6 heteroatoms. The van der Waals surface area contributed by atoms with Gasteiger partial charge in [-0.3, -0.25) is 9.59 Å². The second-order valence-electron chi connectivity index (χ2n) is 8.82. The maximum absolute atomic E-state index is 12.8. The van der Waals surface area contributed by atoms with Gasteiger partial charge >= 0.3 is 0 Å². The van der Waals surface area contributed by atoms with Crippen LogP contribution in [0.25, 0.3) is 0 Å². The van der Waals surface area contributed by atoms with Crippen molar-refractivity contribution >= 4 is 24.2 Å². The monoisotopic (exact) mass is 399 g/mol. The molecule has 0 spiro atoms. The van der Waals surface area contributed by atoms with E-state index in [-0.39, 0.29) is 30.3 Å². The minimum Gasteiger partial charge on any atom is -0.353 e. The van der Waals surface area contributed by atoms with Gasteiger partial charge in [0.25, 0.3) is 0 Å². The summed E-state index contributed by atoms with van der Waals surface area (Å²) in [6.45, 7) is 2.84. The Hall–Kier alpha value is -0.810. The maximum Gasteiger partial charge on any atom is 0.225 e. The molecule has 1 unspecified atom stereocenters. The molecule has 156 valence electrons. The minimum atomic E-state index is 0. The Labute approximate surface area is 170 Å². The van der Waals surface area contributed by atoms with Crippen molar-refractivity contribution in [2.75, 3.05) is 26.7 Å². The number of hydrogen-bond donors (Lipinski definition) is 2. The van der Waals surface area contributed by atoms with Gasteiger partial charge in [0.15, 0.2) is 0 Å². The highest BCUT2D eigenvalue weighted by molar-refractivity contribution is 5.85. The van der Waals surface area contributed by atoms with E-state index >= 15 is 0 Å². The molecule has 0 radical (unpaired) electrons. The van der Waals surface area contributed by atoms with Crippen LogP contribution in [-0.2, 0) is 9.59 Å². The molecule has 1 aliphatic heterocycles. The lowest BCUT2D eigenvalue weighted by Gasteiger charge is -2.31. The Bertz CT molecular complexity index is 474. The first-order valence-corrected chi connectivity index (χ1v) is 10.9. The first-order valence-electron chi connectivity index (χ1n) is 10.9. The molecule has 0 aromatic carbocycles. The average Bonchev–Trinajstić information content (AvgIpc) is 3.11. The summed E-state index contributed by atoms with van der Waals surface area (Å²) in [5, 5.41) is 6.47. The molecule has 27 heavy (non-hydrogen) atoms. The Morgan fingerprint density at radius 3 is 2.30 bits per heavy atom. The van der Waals surface area contributed by atoms with Crippen LogP contribution in [0.5, 0.6) is 0 Å². The molecule has 2 amide bonds. The number of amides is 2. The summed E-state index contributed by atoms with van der Waals surface area (Å²) in [4.78, 5) is 27.1. The van der Waals surface area contributed by atoms with Crippen molar-refractivity contribution in [1.82, 2.24) is 15.5 Å². The van der Waals surface area contributed by atoms with Crippen molar-refractivity contribution < 1.29 is 9.59 Å². The Kier molecular flexibility index (Phi) is 9.37. The summed E-state index contributed by atoms with van der Waals surface area (Å²) < 4.78 is 0. The summed E-state index contributed by atoms with van der Waals surface area (Å²) in [6.07, 6.45) is 12.0. The van der Waals surface area contributed by atoms with Crippen LogP contribution in [0.3, 0.4) is 0 Å². The number of halogens is 1. The van der Waals surface area contributed by atoms with Gasteiger partial charge < -0.3 is 15.5 Å². The van der Waals surface area contributed by atoms with E-state index in [0.717, 1.165) is 51.7 Å². The fourth-order valence-electron chi connectivity index (χ4n) is 5.17. The normalized spacial score (nSPS) is 29.2. The van der Waals surface area contributed by atoms with Crippen LogP contribution >= 0.6 is 12.4 Å². The third-order valence-electron chi connectivity index (χ3n) is 6.73. The van der Waals surface area contributed by atoms with Gasteiger partial charge in [0.2, 0.25) is 11.8 Å². The highest BCUT2D eigenvalue weighted by Crippen LogP contribution is 2.29. The van der Waals surface area contributed by atoms with Crippen LogP contribution in [0.1, 0.15) is 70.6 Å². The van der Waals surface area contributed by atoms with Gasteiger partial charge in [-0.05, 0) is 70.4 Å². The minimum absolute atomic E-state index is 0. The molecule has 0 aromatic heterocycles. The van der Waals surface area contributed by atoms with Gasteiger partial charge in [-0.2, -0.15) is 0 Å². The highest BCUT2D eigenvalue weighted by atomic mass is 35.5. The second kappa shape index (κ2) is 11.3. The van der Waals surface area contributed by atoms with Crippen LogP contribution < -0.4 is 10.6 Å². The van der Waals surface area contributed by atoms with Gasteiger partial charge in [0.1, 0.15) is 0 Å². The number of likely N-dealkylation sites (tertiary alicyclic amines) is 1. The van der Waals surface area contributed by atoms with E-state index in [4.69, 9.17) is 0 Å². The third-order valence-corrected chi connectivity index (χ3v) is 6.73. The fraction of sp³-hybridized carbons (Fsp3) is 0.905. The van der Waals surface area contributed by atoms with E-state index < -0.39 is 0 Å². The Balaban J connectivity index is 0.00000261. The summed E-state index contributed by atoms with van der Waals surface area (Å²) in [6, 6.07) is 0.283. The van der Waals surface area contributed by atoms with Gasteiger partial charge in [-0.1, -0.05) is 19.3 Å². The predicted molar refractivity (Wildman–Crippen MR) is 111 cm³/mol. The molecule has 2 aliphatic carbocycles. The van der Waals surface area contributed by atoms with Crippen LogP contribution in [0.15, 0.2) is 0 Å². The molecule has 0 bridgehead atoms. The molecule has 1 atom stereocenters. The van der Waals surface area contributed by atoms with Gasteiger partial charge in [0.05, 0.1) is 0 Å². The van der Waals surface area contributed by atoms with Gasteiger partial charge in [-0.25, -0.2) is 0 Å². The predicted octanol–water partition coefficient (Wildman–Crippen LogP) is 3.12. The first-order chi connectivity index (χ1) is 12.7. The van der Waals surface area contributed by atoms with Gasteiger partial charge in [-0.15, -0.1) is 12.4 Å². The molecular weight excluding hydrogens is 362 g/mol. The largest absolute Gasteiger partial charge is 0.353 e. The number of carbonyl (C=O) groups is 2. The zero-order valence-electron chi connectivity index (χ0n) is 16.9. The van der Waals surface area contributed by atoms with Crippen molar-refractivity contribution in [2.24, 2.45) is 17.8 Å². The van der Waals surface area contributed by atoms with Crippen molar-refractivity contribution in [3.8, 4) is 0 Å². The molecular formula is C21H38ClN3O2. The highest BCUT2D eigenvalue weighted by Gasteiger charge is 2.33. The van der Waals surface area contributed by atoms with E-state index in [2.05, 4.69) is 15.5 Å². The first kappa shape index (κ1) is 22.5. The van der Waals surface area contributed by atoms with E-state index in [1.165, 1.54) is 32.1 Å². The lowest BCUT2D eigenvalue weighted by atomic mass is 9.84. The zero-order chi connectivity index (χ0) is 18.4. The zero-order valence-corrected chi connectivity index (χ0v) is 17.7. The molecule has 0 aromatic rings. The van der Waals surface area contributed by atoms with E-state index in [1.54, 1.807) is 0 Å². The topological polar surface area (TPSA) is 61.4 Å². The number of nitrogens with zero attached hydrogens (tertiary/aromatic N) is 1. The maximum atomic E-state index is 12.8. The van der Waals surface area contributed by atoms with Crippen LogP contribution in [0.2, 0.25) is 0 Å². The number of hydrogen-bond acceptors (Lipinski definition) is 3. The smallest absolute Gasteiger partial charge is 0.225 e. The number of nitrogens with one attached hydrogen (secondary N) is 2. The molecule has 2 saturated carbocycles. The molecule has 5 nitrogen and oxygen atoms in total. The van der Waals surface area contributed by atoms with Crippen LogP contribution in [0.4, 0.5) is 0 Å². The molecule has 3 fully saturated rings. The standard InChI is InChI=1S/C21H37N3O2.ClH/c1-22-14-17-11-12-24(15-17)21(26)18-7-9-19(10-8-18)23-20(25)13-16-5-3-2-4-6-16;/h16-19,22H,2-15H2,1H3,(H,23,25);1H. The summed E-state index contributed by atoms with van der Waals surface area (Å²) in [7, 11) is 1.98. The molecule has 1 saturated heterocycles. The van der Waals surface area contributed by atoms with E-state index in [1.807, 2.05) is 7.05 Å². The molecule has 3 rings (SSSR count). The van der Waals surface area contributed by atoms with Crippen LogP contribution in [-0.4, -0.2) is 49.4 Å². The van der Waals surface area contributed by atoms with Crippen molar-refractivity contribution in [3.63, 3.8) is 0 Å². The SMILES string of the molecule is CNCC1CCN(C(=O)C2CCC(NC(=O)CC3CCCCC3)CC2)C1.Cl. The lowest BCUT2D eigenvalue weighted by molar-refractivity contribution is -0.135. The van der Waals surface area contributed by atoms with Crippen molar-refractivity contribution in [2.45, 2.75) is 76.7 Å². The van der Waals surface area contributed by atoms with E-state index in [9.17, 15) is 9.59 Å². The Morgan fingerprint density at radius 1 is 0.926 bits per heavy atom. The van der Waals surface area contributed by atoms with E-state index in [0.29, 0.717) is 24.2 Å². The van der Waals surface area contributed by atoms with Crippen molar-refractivity contribution in [1.29, 1.82) is 0 Å². The summed E-state index contributed by atoms with van der Waals surface area (Å²) >= 11 is 0. The van der Waals surface area contributed by atoms with Gasteiger partial charge in [0, 0.05) is 31.5 Å². The molecule has 2 N–H and O–H groups in total. The summed E-state index contributed by atoms with van der Waals surface area (Å²) in [5.41, 5.74) is 0. The molecule has 3 aliphatic rings. The summed E-state index contributed by atoms with van der Waals surface area (Å²) in [5.74, 6) is 1.98.